The fourth-order valence-corrected chi connectivity index (χ4v) is 4.75. The first-order chi connectivity index (χ1) is 15.5. The molecule has 170 valence electrons. The molecule has 1 aromatic carbocycles. The first kappa shape index (κ1) is 21.1. The van der Waals surface area contributed by atoms with Crippen molar-refractivity contribution in [2.24, 2.45) is 0 Å². The summed E-state index contributed by atoms with van der Waals surface area (Å²) in [4.78, 5) is 11.3. The van der Waals surface area contributed by atoms with Crippen LogP contribution in [0, 0.1) is 6.92 Å². The number of hydrogen-bond donors (Lipinski definition) is 1. The SMILES string of the molecule is COc1nc(N2CCO[C@@H](C)C2)cc(-n2ncc3cc(C)c([C@@H]4CCNC[C@@H]4F)cc32)n1. The van der Waals surface area contributed by atoms with Crippen LogP contribution in [0.2, 0.25) is 0 Å². The van der Waals surface area contributed by atoms with E-state index < -0.39 is 6.17 Å². The maximum absolute atomic E-state index is 14.7. The van der Waals surface area contributed by atoms with Gasteiger partial charge in [0, 0.05) is 37.0 Å². The number of piperidine rings is 1. The topological polar surface area (TPSA) is 77.3 Å². The van der Waals surface area contributed by atoms with Crippen molar-refractivity contribution in [2.45, 2.75) is 38.5 Å². The molecule has 0 spiro atoms. The van der Waals surface area contributed by atoms with Gasteiger partial charge in [0.1, 0.15) is 12.0 Å². The maximum atomic E-state index is 14.7. The van der Waals surface area contributed by atoms with E-state index in [-0.39, 0.29) is 18.0 Å². The van der Waals surface area contributed by atoms with Gasteiger partial charge in [-0.3, -0.25) is 0 Å². The molecule has 0 saturated carbocycles. The lowest BCUT2D eigenvalue weighted by molar-refractivity contribution is 0.0529. The predicted molar refractivity (Wildman–Crippen MR) is 121 cm³/mol. The number of nitrogens with one attached hydrogen (secondary N) is 1. The van der Waals surface area contributed by atoms with E-state index in [4.69, 9.17) is 9.47 Å². The minimum Gasteiger partial charge on any atom is -0.467 e. The molecule has 0 radical (unpaired) electrons. The molecule has 0 amide bonds. The number of halogens is 1. The number of benzene rings is 1. The second kappa shape index (κ2) is 8.63. The Morgan fingerprint density at radius 3 is 2.84 bits per heavy atom. The van der Waals surface area contributed by atoms with Crippen molar-refractivity contribution < 1.29 is 13.9 Å². The molecule has 5 rings (SSSR count). The smallest absolute Gasteiger partial charge is 0.320 e. The van der Waals surface area contributed by atoms with E-state index in [9.17, 15) is 4.39 Å². The molecule has 8 nitrogen and oxygen atoms in total. The fraction of sp³-hybridized carbons (Fsp3) is 0.522. The third-order valence-electron chi connectivity index (χ3n) is 6.41. The van der Waals surface area contributed by atoms with Crippen molar-refractivity contribution in [2.75, 3.05) is 44.8 Å². The monoisotopic (exact) mass is 440 g/mol. The number of hydrogen-bond acceptors (Lipinski definition) is 7. The van der Waals surface area contributed by atoms with Crippen LogP contribution in [0.3, 0.4) is 0 Å². The molecule has 0 unspecified atom stereocenters. The standard InChI is InChI=1S/C23H29FN6O2/c1-14-8-16-11-26-30(20(16)9-18(14)17-4-5-25-12-19(17)24)22-10-21(27-23(28-22)31-3)29-6-7-32-15(2)13-29/h8-11,15,17,19,25H,4-7,12-13H2,1-3H3/t15-,17-,19-/m0/s1. The van der Waals surface area contributed by atoms with Gasteiger partial charge in [0.2, 0.25) is 0 Å². The molecule has 1 N–H and O–H groups in total. The second-order valence-corrected chi connectivity index (χ2v) is 8.64. The summed E-state index contributed by atoms with van der Waals surface area (Å²) in [5.74, 6) is 1.28. The van der Waals surface area contributed by atoms with E-state index in [1.54, 1.807) is 11.8 Å². The molecule has 3 aromatic rings. The Kier molecular flexibility index (Phi) is 5.69. The van der Waals surface area contributed by atoms with Crippen molar-refractivity contribution in [3.8, 4) is 11.8 Å². The Bertz CT molecular complexity index is 1120. The van der Waals surface area contributed by atoms with Crippen LogP contribution in [0.25, 0.3) is 16.7 Å². The lowest BCUT2D eigenvalue weighted by Crippen LogP contribution is -2.41. The third-order valence-corrected chi connectivity index (χ3v) is 6.41. The van der Waals surface area contributed by atoms with Gasteiger partial charge in [-0.1, -0.05) is 0 Å². The summed E-state index contributed by atoms with van der Waals surface area (Å²) in [6.07, 6.45) is 1.84. The number of morpholine rings is 1. The van der Waals surface area contributed by atoms with Crippen molar-refractivity contribution in [1.29, 1.82) is 0 Å². The van der Waals surface area contributed by atoms with Gasteiger partial charge < -0.3 is 19.7 Å². The molecule has 32 heavy (non-hydrogen) atoms. The minimum absolute atomic E-state index is 0.116. The van der Waals surface area contributed by atoms with E-state index in [2.05, 4.69) is 44.3 Å². The molecular formula is C23H29FN6O2. The zero-order valence-electron chi connectivity index (χ0n) is 18.7. The Morgan fingerprint density at radius 2 is 2.06 bits per heavy atom. The highest BCUT2D eigenvalue weighted by Crippen LogP contribution is 2.33. The Labute approximate surface area is 186 Å². The molecule has 2 saturated heterocycles. The number of nitrogens with zero attached hydrogens (tertiary/aromatic N) is 5. The van der Waals surface area contributed by atoms with Crippen molar-refractivity contribution in [3.63, 3.8) is 0 Å². The summed E-state index contributed by atoms with van der Waals surface area (Å²) in [6.45, 7) is 7.47. The molecule has 3 atom stereocenters. The summed E-state index contributed by atoms with van der Waals surface area (Å²) in [5.41, 5.74) is 3.03. The van der Waals surface area contributed by atoms with Gasteiger partial charge >= 0.3 is 6.01 Å². The average molecular weight is 441 g/mol. The van der Waals surface area contributed by atoms with Crippen molar-refractivity contribution in [3.05, 3.63) is 35.5 Å². The van der Waals surface area contributed by atoms with Crippen LogP contribution in [0.4, 0.5) is 10.2 Å². The summed E-state index contributed by atoms with van der Waals surface area (Å²) in [7, 11) is 1.56. The van der Waals surface area contributed by atoms with E-state index in [0.29, 0.717) is 19.0 Å². The van der Waals surface area contributed by atoms with Gasteiger partial charge in [-0.15, -0.1) is 0 Å². The summed E-state index contributed by atoms with van der Waals surface area (Å²) in [6, 6.07) is 6.38. The van der Waals surface area contributed by atoms with Gasteiger partial charge in [0.15, 0.2) is 5.82 Å². The largest absolute Gasteiger partial charge is 0.467 e. The molecule has 0 aliphatic carbocycles. The highest BCUT2D eigenvalue weighted by Gasteiger charge is 2.28. The van der Waals surface area contributed by atoms with E-state index >= 15 is 0 Å². The molecular weight excluding hydrogens is 411 g/mol. The summed E-state index contributed by atoms with van der Waals surface area (Å²) >= 11 is 0. The van der Waals surface area contributed by atoms with Crippen LogP contribution in [-0.2, 0) is 4.74 Å². The lowest BCUT2D eigenvalue weighted by atomic mass is 9.85. The number of ether oxygens (including phenoxy) is 2. The maximum Gasteiger partial charge on any atom is 0.320 e. The van der Waals surface area contributed by atoms with Gasteiger partial charge in [0.05, 0.1) is 31.5 Å². The highest BCUT2D eigenvalue weighted by atomic mass is 19.1. The van der Waals surface area contributed by atoms with E-state index in [1.165, 1.54) is 0 Å². The number of methoxy groups -OCH3 is 1. The molecule has 2 fully saturated rings. The van der Waals surface area contributed by atoms with Crippen LogP contribution < -0.4 is 15.0 Å². The van der Waals surface area contributed by atoms with Gasteiger partial charge in [-0.05, 0) is 50.1 Å². The average Bonchev–Trinajstić information content (AvgIpc) is 3.21. The quantitative estimate of drug-likeness (QED) is 0.668. The van der Waals surface area contributed by atoms with E-state index in [1.807, 2.05) is 19.2 Å². The van der Waals surface area contributed by atoms with Gasteiger partial charge in [-0.2, -0.15) is 15.1 Å². The van der Waals surface area contributed by atoms with Crippen molar-refractivity contribution in [1.82, 2.24) is 25.1 Å². The van der Waals surface area contributed by atoms with Crippen molar-refractivity contribution >= 4 is 16.7 Å². The second-order valence-electron chi connectivity index (χ2n) is 8.64. The third kappa shape index (κ3) is 3.91. The minimum atomic E-state index is -0.898. The van der Waals surface area contributed by atoms with E-state index in [0.717, 1.165) is 53.9 Å². The molecule has 2 aliphatic heterocycles. The zero-order valence-corrected chi connectivity index (χ0v) is 18.7. The van der Waals surface area contributed by atoms with Crippen LogP contribution >= 0.6 is 0 Å². The Hall–Kier alpha value is -2.78. The number of aryl methyl sites for hydroxylation is 1. The fourth-order valence-electron chi connectivity index (χ4n) is 4.75. The normalized spacial score (nSPS) is 24.1. The van der Waals surface area contributed by atoms with Crippen LogP contribution in [0.15, 0.2) is 24.4 Å². The van der Waals surface area contributed by atoms with Gasteiger partial charge in [0.25, 0.3) is 0 Å². The number of rotatable bonds is 4. The number of alkyl halides is 1. The van der Waals surface area contributed by atoms with Gasteiger partial charge in [-0.25, -0.2) is 9.07 Å². The Morgan fingerprint density at radius 1 is 1.22 bits per heavy atom. The zero-order chi connectivity index (χ0) is 22.2. The molecule has 0 bridgehead atoms. The number of aromatic nitrogens is 4. The lowest BCUT2D eigenvalue weighted by Gasteiger charge is -2.32. The Balaban J connectivity index is 1.58. The first-order valence-electron chi connectivity index (χ1n) is 11.2. The molecule has 9 heteroatoms. The summed E-state index contributed by atoms with van der Waals surface area (Å²) < 4.78 is 27.6. The van der Waals surface area contributed by atoms with Crippen LogP contribution in [0.5, 0.6) is 6.01 Å². The predicted octanol–water partition coefficient (Wildman–Crippen LogP) is 2.77. The van der Waals surface area contributed by atoms with Crippen LogP contribution in [0.1, 0.15) is 30.4 Å². The first-order valence-corrected chi connectivity index (χ1v) is 11.2. The summed E-state index contributed by atoms with van der Waals surface area (Å²) in [5, 5.41) is 8.74. The highest BCUT2D eigenvalue weighted by molar-refractivity contribution is 5.82. The molecule has 2 aromatic heterocycles. The number of anilines is 1. The molecule has 4 heterocycles. The molecule has 2 aliphatic rings. The number of fused-ring (bicyclic) bond motifs is 1. The van der Waals surface area contributed by atoms with Crippen LogP contribution in [-0.4, -0.2) is 71.9 Å².